The van der Waals surface area contributed by atoms with Gasteiger partial charge < -0.3 is 24.5 Å². The van der Waals surface area contributed by atoms with Crippen molar-refractivity contribution in [2.45, 2.75) is 38.6 Å². The Morgan fingerprint density at radius 3 is 3.25 bits per heavy atom. The Morgan fingerprint density at radius 2 is 2.46 bits per heavy atom. The van der Waals surface area contributed by atoms with Gasteiger partial charge in [-0.05, 0) is 25.5 Å². The van der Waals surface area contributed by atoms with Gasteiger partial charge >= 0.3 is 0 Å². The molecule has 1 aromatic heterocycles. The summed E-state index contributed by atoms with van der Waals surface area (Å²) in [6.45, 7) is 5.41. The fourth-order valence-corrected chi connectivity index (χ4v) is 4.06. The molecule has 2 saturated heterocycles. The molecule has 4 heterocycles. The van der Waals surface area contributed by atoms with Crippen molar-refractivity contribution in [1.29, 1.82) is 0 Å². The maximum Gasteiger partial charge on any atom is 0.175 e. The molecule has 0 bridgehead atoms. The van der Waals surface area contributed by atoms with Gasteiger partial charge in [0, 0.05) is 18.3 Å². The number of nitrogens with zero attached hydrogens (tertiary/aromatic N) is 3. The summed E-state index contributed by atoms with van der Waals surface area (Å²) >= 11 is 0. The number of nitrogens with one attached hydrogen (secondary N) is 2. The predicted octanol–water partition coefficient (Wildman–Crippen LogP) is 1.35. The molecule has 24 heavy (non-hydrogen) atoms. The molecule has 0 aliphatic carbocycles. The topological polar surface area (TPSA) is 75.9 Å². The number of hydrogen-bond acceptors (Lipinski definition) is 6. The van der Waals surface area contributed by atoms with Crippen molar-refractivity contribution in [3.05, 3.63) is 41.1 Å². The van der Waals surface area contributed by atoms with Crippen LogP contribution in [0.15, 0.2) is 39.8 Å². The molecule has 7 heteroatoms. The van der Waals surface area contributed by atoms with E-state index in [-0.39, 0.29) is 17.0 Å². The molecule has 2 unspecified atom stereocenters. The first-order valence-corrected chi connectivity index (χ1v) is 8.78. The fourth-order valence-electron chi connectivity index (χ4n) is 4.06. The van der Waals surface area contributed by atoms with E-state index in [0.29, 0.717) is 19.6 Å². The lowest BCUT2D eigenvalue weighted by atomic mass is 10.2. The lowest BCUT2D eigenvalue weighted by molar-refractivity contribution is -0.889. The van der Waals surface area contributed by atoms with Crippen LogP contribution >= 0.6 is 0 Å². The number of amidine groups is 1. The summed E-state index contributed by atoms with van der Waals surface area (Å²) in [5.41, 5.74) is 1.98. The Kier molecular flexibility index (Phi) is 4.07. The summed E-state index contributed by atoms with van der Waals surface area (Å²) in [6.07, 6.45) is 7.39. The quantitative estimate of drug-likeness (QED) is 0.643. The Labute approximate surface area is 142 Å². The molecule has 0 radical (unpaired) electrons. The number of fused-ring (bicyclic) bond motifs is 3. The molecule has 3 atom stereocenters. The molecule has 2 N–H and O–H groups in total. The highest BCUT2D eigenvalue weighted by Gasteiger charge is 2.40. The number of furan rings is 1. The Hall–Kier alpha value is -1.83. The van der Waals surface area contributed by atoms with E-state index in [2.05, 4.69) is 22.5 Å². The van der Waals surface area contributed by atoms with E-state index in [1.165, 1.54) is 0 Å². The van der Waals surface area contributed by atoms with Crippen LogP contribution in [-0.4, -0.2) is 53.9 Å². The van der Waals surface area contributed by atoms with Crippen LogP contribution in [0.1, 0.15) is 25.3 Å². The standard InChI is InChI=1S/C17H25N5O2/c1-2-18-17-19-8-14-10-22(23,9-13-5-7-24-12-13)11-15-4-3-6-21(15)16(14)20-17/h5,7-8,12,15,17-19H,2-4,6,9-11H2,1H3/t15?,17-,22?/m0/s1. The van der Waals surface area contributed by atoms with E-state index in [1.54, 1.807) is 12.5 Å². The van der Waals surface area contributed by atoms with Crippen LogP contribution in [0, 0.1) is 5.21 Å². The van der Waals surface area contributed by atoms with E-state index in [1.807, 2.05) is 12.3 Å². The monoisotopic (exact) mass is 331 g/mol. The zero-order chi connectivity index (χ0) is 16.6. The van der Waals surface area contributed by atoms with E-state index in [0.717, 1.165) is 42.9 Å². The lowest BCUT2D eigenvalue weighted by Gasteiger charge is -2.43. The van der Waals surface area contributed by atoms with Gasteiger partial charge in [0.25, 0.3) is 0 Å². The van der Waals surface area contributed by atoms with Crippen LogP contribution < -0.4 is 10.6 Å². The molecule has 130 valence electrons. The summed E-state index contributed by atoms with van der Waals surface area (Å²) in [6, 6.07) is 2.17. The van der Waals surface area contributed by atoms with E-state index < -0.39 is 0 Å². The van der Waals surface area contributed by atoms with E-state index in [4.69, 9.17) is 9.41 Å². The van der Waals surface area contributed by atoms with E-state index >= 15 is 0 Å². The zero-order valence-corrected chi connectivity index (χ0v) is 14.1. The number of quaternary nitrogens is 1. The third-order valence-corrected chi connectivity index (χ3v) is 5.05. The molecule has 3 aliphatic rings. The SMILES string of the molecule is CCN[C@@H]1N=C2C(=CN1)C[N+]([O-])(Cc1ccoc1)CC1CCCN21. The molecule has 4 rings (SSSR count). The second kappa shape index (κ2) is 6.23. The number of hydrogen-bond donors (Lipinski definition) is 2. The molecule has 2 fully saturated rings. The van der Waals surface area contributed by atoms with Crippen molar-refractivity contribution in [2.24, 2.45) is 4.99 Å². The third kappa shape index (κ3) is 2.94. The molecule has 0 saturated carbocycles. The van der Waals surface area contributed by atoms with Gasteiger partial charge in [0.15, 0.2) is 6.29 Å². The molecule has 1 aromatic rings. The third-order valence-electron chi connectivity index (χ3n) is 5.05. The van der Waals surface area contributed by atoms with Crippen LogP contribution in [0.3, 0.4) is 0 Å². The highest BCUT2D eigenvalue weighted by atomic mass is 16.5. The van der Waals surface area contributed by atoms with Gasteiger partial charge in [0.2, 0.25) is 0 Å². The molecule has 0 amide bonds. The minimum Gasteiger partial charge on any atom is -0.632 e. The van der Waals surface area contributed by atoms with Crippen LogP contribution in [0.4, 0.5) is 0 Å². The van der Waals surface area contributed by atoms with Crippen LogP contribution in [0.25, 0.3) is 0 Å². The average molecular weight is 331 g/mol. The highest BCUT2D eigenvalue weighted by molar-refractivity contribution is 5.99. The Morgan fingerprint density at radius 1 is 1.54 bits per heavy atom. The number of aliphatic imine (C=N–C) groups is 1. The number of rotatable bonds is 4. The Balaban J connectivity index is 1.63. The summed E-state index contributed by atoms with van der Waals surface area (Å²) in [7, 11) is 0. The van der Waals surface area contributed by atoms with Crippen molar-refractivity contribution in [2.75, 3.05) is 26.2 Å². The molecular formula is C17H25N5O2. The minimum absolute atomic E-state index is 0.101. The smallest absolute Gasteiger partial charge is 0.175 e. The van der Waals surface area contributed by atoms with Crippen molar-refractivity contribution < 1.29 is 9.06 Å². The minimum atomic E-state index is -0.251. The average Bonchev–Trinajstić information content (AvgIpc) is 3.19. The van der Waals surface area contributed by atoms with Crippen molar-refractivity contribution in [1.82, 2.24) is 15.5 Å². The predicted molar refractivity (Wildman–Crippen MR) is 91.6 cm³/mol. The first-order valence-electron chi connectivity index (χ1n) is 8.78. The van der Waals surface area contributed by atoms with Gasteiger partial charge in [0.05, 0.1) is 30.7 Å². The molecule has 3 aliphatic heterocycles. The van der Waals surface area contributed by atoms with Crippen LogP contribution in [0.2, 0.25) is 0 Å². The van der Waals surface area contributed by atoms with Crippen molar-refractivity contribution >= 4 is 5.84 Å². The first kappa shape index (κ1) is 15.7. The molecule has 0 spiro atoms. The highest BCUT2D eigenvalue weighted by Crippen LogP contribution is 2.31. The van der Waals surface area contributed by atoms with Crippen molar-refractivity contribution in [3.8, 4) is 0 Å². The van der Waals surface area contributed by atoms with Gasteiger partial charge in [-0.25, -0.2) is 4.99 Å². The largest absolute Gasteiger partial charge is 0.632 e. The molecule has 7 nitrogen and oxygen atoms in total. The molecule has 0 aromatic carbocycles. The van der Waals surface area contributed by atoms with Gasteiger partial charge in [0.1, 0.15) is 18.9 Å². The second-order valence-corrected chi connectivity index (χ2v) is 6.93. The van der Waals surface area contributed by atoms with E-state index in [9.17, 15) is 5.21 Å². The summed E-state index contributed by atoms with van der Waals surface area (Å²) in [4.78, 5) is 7.19. The van der Waals surface area contributed by atoms with Crippen molar-refractivity contribution in [3.63, 3.8) is 0 Å². The van der Waals surface area contributed by atoms with Crippen LogP contribution in [0.5, 0.6) is 0 Å². The van der Waals surface area contributed by atoms with Gasteiger partial charge in [-0.2, -0.15) is 0 Å². The lowest BCUT2D eigenvalue weighted by Crippen LogP contribution is -2.47. The van der Waals surface area contributed by atoms with Crippen LogP contribution in [-0.2, 0) is 6.54 Å². The summed E-state index contributed by atoms with van der Waals surface area (Å²) < 4.78 is 4.90. The van der Waals surface area contributed by atoms with Gasteiger partial charge in [-0.3, -0.25) is 5.32 Å². The summed E-state index contributed by atoms with van der Waals surface area (Å²) in [5.74, 6) is 1.00. The first-order chi connectivity index (χ1) is 11.7. The maximum atomic E-state index is 13.5. The molecular weight excluding hydrogens is 306 g/mol. The summed E-state index contributed by atoms with van der Waals surface area (Å²) in [5, 5.41) is 20.1. The van der Waals surface area contributed by atoms with Gasteiger partial charge in [-0.1, -0.05) is 6.92 Å². The number of hydroxylamine groups is 3. The Bertz CT molecular complexity index is 641. The normalized spacial score (nSPS) is 32.3. The zero-order valence-electron chi connectivity index (χ0n) is 14.1. The van der Waals surface area contributed by atoms with Gasteiger partial charge in [-0.15, -0.1) is 0 Å². The second-order valence-electron chi connectivity index (χ2n) is 6.93. The maximum absolute atomic E-state index is 13.5. The fraction of sp³-hybridized carbons (Fsp3) is 0.588.